The standard InChI is InChI=1S/C20H30N4O4S/c1-2-3-11-23-12-8-17(9-13-23)22-20(26)16-4-6-18(7-5-16)29(27,28)24-14-10-21-19(25)15-24/h4-7,17H,2-3,8-15H2,1H3,(H,21,25)(H,22,26). The lowest BCUT2D eigenvalue weighted by molar-refractivity contribution is -0.122. The molecular weight excluding hydrogens is 392 g/mol. The summed E-state index contributed by atoms with van der Waals surface area (Å²) in [6.07, 6.45) is 4.25. The molecule has 29 heavy (non-hydrogen) atoms. The molecule has 3 rings (SSSR count). The first kappa shape index (κ1) is 21.7. The van der Waals surface area contributed by atoms with E-state index in [0.29, 0.717) is 12.1 Å². The molecule has 0 spiro atoms. The number of amides is 2. The number of carbonyl (C=O) groups excluding carboxylic acids is 2. The van der Waals surface area contributed by atoms with Gasteiger partial charge in [-0.1, -0.05) is 13.3 Å². The summed E-state index contributed by atoms with van der Waals surface area (Å²) in [5, 5.41) is 5.67. The molecule has 0 unspecified atom stereocenters. The van der Waals surface area contributed by atoms with Gasteiger partial charge in [0.05, 0.1) is 11.4 Å². The lowest BCUT2D eigenvalue weighted by Crippen LogP contribution is -2.49. The summed E-state index contributed by atoms with van der Waals surface area (Å²) in [7, 11) is -3.74. The van der Waals surface area contributed by atoms with E-state index in [1.807, 2.05) is 0 Å². The fourth-order valence-electron chi connectivity index (χ4n) is 3.70. The average molecular weight is 423 g/mol. The minimum atomic E-state index is -3.74. The molecule has 9 heteroatoms. The van der Waals surface area contributed by atoms with Crippen molar-refractivity contribution in [1.82, 2.24) is 19.8 Å². The Kier molecular flexibility index (Phi) is 7.26. The lowest BCUT2D eigenvalue weighted by Gasteiger charge is -2.32. The van der Waals surface area contributed by atoms with E-state index in [9.17, 15) is 18.0 Å². The Hall–Kier alpha value is -1.97. The molecule has 2 saturated heterocycles. The Morgan fingerprint density at radius 1 is 1.17 bits per heavy atom. The molecule has 2 fully saturated rings. The van der Waals surface area contributed by atoms with Crippen molar-refractivity contribution in [3.8, 4) is 0 Å². The van der Waals surface area contributed by atoms with Crippen molar-refractivity contribution in [2.45, 2.75) is 43.5 Å². The summed E-state index contributed by atoms with van der Waals surface area (Å²) in [6, 6.07) is 6.08. The number of hydrogen-bond acceptors (Lipinski definition) is 5. The van der Waals surface area contributed by atoms with E-state index in [4.69, 9.17) is 0 Å². The molecule has 0 radical (unpaired) electrons. The van der Waals surface area contributed by atoms with Crippen LogP contribution in [0, 0.1) is 0 Å². The van der Waals surface area contributed by atoms with Crippen LogP contribution in [0.15, 0.2) is 29.2 Å². The average Bonchev–Trinajstić information content (AvgIpc) is 2.73. The maximum Gasteiger partial charge on any atom is 0.251 e. The number of hydrogen-bond donors (Lipinski definition) is 2. The summed E-state index contributed by atoms with van der Waals surface area (Å²) < 4.78 is 26.5. The van der Waals surface area contributed by atoms with Crippen LogP contribution in [0.3, 0.4) is 0 Å². The number of unbranched alkanes of at least 4 members (excludes halogenated alkanes) is 1. The SMILES string of the molecule is CCCCN1CCC(NC(=O)c2ccc(S(=O)(=O)N3CCNC(=O)C3)cc2)CC1. The van der Waals surface area contributed by atoms with Crippen LogP contribution in [0.2, 0.25) is 0 Å². The second kappa shape index (κ2) is 9.69. The van der Waals surface area contributed by atoms with Gasteiger partial charge in [-0.15, -0.1) is 0 Å². The van der Waals surface area contributed by atoms with Crippen molar-refractivity contribution in [3.63, 3.8) is 0 Å². The minimum absolute atomic E-state index is 0.0907. The number of nitrogens with zero attached hydrogens (tertiary/aromatic N) is 2. The molecule has 2 N–H and O–H groups in total. The van der Waals surface area contributed by atoms with Crippen molar-refractivity contribution >= 4 is 21.8 Å². The van der Waals surface area contributed by atoms with Gasteiger partial charge in [0.2, 0.25) is 15.9 Å². The number of piperidine rings is 1. The first-order valence-electron chi connectivity index (χ1n) is 10.3. The predicted molar refractivity (Wildman–Crippen MR) is 110 cm³/mol. The maximum atomic E-state index is 12.7. The van der Waals surface area contributed by atoms with Crippen molar-refractivity contribution in [2.75, 3.05) is 39.3 Å². The highest BCUT2D eigenvalue weighted by atomic mass is 32.2. The molecule has 1 aromatic carbocycles. The second-order valence-electron chi connectivity index (χ2n) is 7.66. The Labute approximate surface area is 172 Å². The van der Waals surface area contributed by atoms with Crippen LogP contribution in [0.5, 0.6) is 0 Å². The highest BCUT2D eigenvalue weighted by Crippen LogP contribution is 2.18. The fourth-order valence-corrected chi connectivity index (χ4v) is 5.10. The molecule has 0 aromatic heterocycles. The topological polar surface area (TPSA) is 98.8 Å². The molecule has 0 saturated carbocycles. The first-order valence-corrected chi connectivity index (χ1v) is 11.7. The van der Waals surface area contributed by atoms with E-state index in [1.54, 1.807) is 0 Å². The second-order valence-corrected chi connectivity index (χ2v) is 9.59. The van der Waals surface area contributed by atoms with Gasteiger partial charge in [-0.3, -0.25) is 9.59 Å². The normalized spacial score (nSPS) is 19.7. The smallest absolute Gasteiger partial charge is 0.251 e. The Morgan fingerprint density at radius 3 is 2.48 bits per heavy atom. The van der Waals surface area contributed by atoms with Gasteiger partial charge in [0, 0.05) is 37.8 Å². The van der Waals surface area contributed by atoms with E-state index in [-0.39, 0.29) is 35.8 Å². The van der Waals surface area contributed by atoms with Gasteiger partial charge >= 0.3 is 0 Å². The van der Waals surface area contributed by atoms with E-state index in [2.05, 4.69) is 22.5 Å². The zero-order chi connectivity index (χ0) is 20.9. The van der Waals surface area contributed by atoms with E-state index in [0.717, 1.165) is 36.8 Å². The summed E-state index contributed by atoms with van der Waals surface area (Å²) in [5.74, 6) is -0.491. The van der Waals surface area contributed by atoms with Gasteiger partial charge < -0.3 is 15.5 Å². The minimum Gasteiger partial charge on any atom is -0.354 e. The summed E-state index contributed by atoms with van der Waals surface area (Å²) in [6.45, 7) is 5.65. The van der Waals surface area contributed by atoms with Crippen LogP contribution in [-0.4, -0.2) is 74.7 Å². The number of piperazine rings is 1. The monoisotopic (exact) mass is 422 g/mol. The van der Waals surface area contributed by atoms with E-state index in [1.165, 1.54) is 37.1 Å². The highest BCUT2D eigenvalue weighted by Gasteiger charge is 2.29. The quantitative estimate of drug-likeness (QED) is 0.677. The lowest BCUT2D eigenvalue weighted by atomic mass is 10.0. The Bertz CT molecular complexity index is 817. The van der Waals surface area contributed by atoms with Crippen LogP contribution in [0.4, 0.5) is 0 Å². The first-order chi connectivity index (χ1) is 13.9. The molecule has 2 aliphatic rings. The molecular formula is C20H30N4O4S. The van der Waals surface area contributed by atoms with Crippen molar-refractivity contribution in [2.24, 2.45) is 0 Å². The summed E-state index contributed by atoms with van der Waals surface area (Å²) in [4.78, 5) is 26.5. The number of rotatable bonds is 7. The third-order valence-electron chi connectivity index (χ3n) is 5.51. The summed E-state index contributed by atoms with van der Waals surface area (Å²) >= 11 is 0. The maximum absolute atomic E-state index is 12.7. The van der Waals surface area contributed by atoms with Crippen LogP contribution < -0.4 is 10.6 Å². The molecule has 1 aromatic rings. The Balaban J connectivity index is 1.56. The van der Waals surface area contributed by atoms with Crippen molar-refractivity contribution in [1.29, 1.82) is 0 Å². The van der Waals surface area contributed by atoms with Gasteiger partial charge in [0.25, 0.3) is 5.91 Å². The highest BCUT2D eigenvalue weighted by molar-refractivity contribution is 7.89. The van der Waals surface area contributed by atoms with Crippen LogP contribution >= 0.6 is 0 Å². The number of nitrogens with one attached hydrogen (secondary N) is 2. The van der Waals surface area contributed by atoms with Gasteiger partial charge in [0.1, 0.15) is 0 Å². The molecule has 2 heterocycles. The van der Waals surface area contributed by atoms with Crippen molar-refractivity contribution in [3.05, 3.63) is 29.8 Å². The number of sulfonamides is 1. The molecule has 2 aliphatic heterocycles. The third kappa shape index (κ3) is 5.55. The number of benzene rings is 1. The molecule has 0 aliphatic carbocycles. The van der Waals surface area contributed by atoms with Gasteiger partial charge in [-0.25, -0.2) is 8.42 Å². The molecule has 8 nitrogen and oxygen atoms in total. The molecule has 0 bridgehead atoms. The summed E-state index contributed by atoms with van der Waals surface area (Å²) in [5.41, 5.74) is 0.439. The number of carbonyl (C=O) groups is 2. The molecule has 0 atom stereocenters. The van der Waals surface area contributed by atoms with Crippen LogP contribution in [0.1, 0.15) is 43.0 Å². The van der Waals surface area contributed by atoms with Gasteiger partial charge in [-0.05, 0) is 50.1 Å². The van der Waals surface area contributed by atoms with E-state index >= 15 is 0 Å². The zero-order valence-electron chi connectivity index (χ0n) is 16.9. The zero-order valence-corrected chi connectivity index (χ0v) is 17.7. The molecule has 2 amide bonds. The van der Waals surface area contributed by atoms with Crippen molar-refractivity contribution < 1.29 is 18.0 Å². The third-order valence-corrected chi connectivity index (χ3v) is 7.37. The molecule has 160 valence electrons. The van der Waals surface area contributed by atoms with E-state index < -0.39 is 10.0 Å². The fraction of sp³-hybridized carbons (Fsp3) is 0.600. The van der Waals surface area contributed by atoms with Crippen LogP contribution in [-0.2, 0) is 14.8 Å². The number of likely N-dealkylation sites (tertiary alicyclic amines) is 1. The largest absolute Gasteiger partial charge is 0.354 e. The van der Waals surface area contributed by atoms with Gasteiger partial charge in [0.15, 0.2) is 0 Å². The predicted octanol–water partition coefficient (Wildman–Crippen LogP) is 0.801. The Morgan fingerprint density at radius 2 is 1.86 bits per heavy atom. The van der Waals surface area contributed by atoms with Gasteiger partial charge in [-0.2, -0.15) is 4.31 Å². The van der Waals surface area contributed by atoms with Crippen LogP contribution in [0.25, 0.3) is 0 Å².